The summed E-state index contributed by atoms with van der Waals surface area (Å²) < 4.78 is 0. The van der Waals surface area contributed by atoms with E-state index in [1.54, 1.807) is 6.08 Å². The number of amides is 4. The minimum absolute atomic E-state index is 0.0220. The van der Waals surface area contributed by atoms with E-state index in [0.29, 0.717) is 5.57 Å². The molecule has 3 aromatic carbocycles. The Labute approximate surface area is 275 Å². The average molecular weight is 673 g/mol. The van der Waals surface area contributed by atoms with Crippen molar-refractivity contribution in [2.75, 3.05) is 9.80 Å². The van der Waals surface area contributed by atoms with Gasteiger partial charge in [0.15, 0.2) is 0 Å². The first-order chi connectivity index (χ1) is 22.8. The van der Waals surface area contributed by atoms with Crippen LogP contribution in [0.4, 0.5) is 11.4 Å². The maximum Gasteiger partial charge on any atom is 0.339 e. The lowest BCUT2D eigenvalue weighted by molar-refractivity contribution is -0.126. The third kappa shape index (κ3) is 4.45. The summed E-state index contributed by atoms with van der Waals surface area (Å²) in [5.74, 6) is -12.5. The van der Waals surface area contributed by atoms with Gasteiger partial charge in [0.1, 0.15) is 28.4 Å². The van der Waals surface area contributed by atoms with E-state index in [9.17, 15) is 54.3 Å². The van der Waals surface area contributed by atoms with Gasteiger partial charge in [-0.3, -0.25) is 19.2 Å². The second-order valence-corrected chi connectivity index (χ2v) is 12.7. The van der Waals surface area contributed by atoms with E-state index in [-0.39, 0.29) is 40.6 Å². The van der Waals surface area contributed by atoms with Gasteiger partial charge in [0, 0.05) is 28.6 Å². The fourth-order valence-corrected chi connectivity index (χ4v) is 8.08. The SMILES string of the molecule is O=C(O)c1ccc(N2C(=O)[C@H]3[C@H](CC=C4[C@H]3C[C@H]3C(=O)N(c5ccc(C(=O)O)c(O)c5)C(=O)[C@H]3[C@H]4c3cc(Cl)ccc3O)C2=O)cc1O. The van der Waals surface area contributed by atoms with Crippen molar-refractivity contribution in [2.45, 2.75) is 18.8 Å². The Morgan fingerprint density at radius 1 is 0.646 bits per heavy atom. The molecular weight excluding hydrogens is 648 g/mol. The van der Waals surface area contributed by atoms with Gasteiger partial charge < -0.3 is 25.5 Å². The maximum atomic E-state index is 14.2. The zero-order valence-electron chi connectivity index (χ0n) is 24.6. The van der Waals surface area contributed by atoms with E-state index in [4.69, 9.17) is 11.6 Å². The molecule has 2 aliphatic heterocycles. The predicted octanol–water partition coefficient (Wildman–Crippen LogP) is 3.90. The van der Waals surface area contributed by atoms with Gasteiger partial charge in [0.2, 0.25) is 23.6 Å². The molecule has 2 saturated heterocycles. The van der Waals surface area contributed by atoms with Crippen molar-refractivity contribution in [3.8, 4) is 17.2 Å². The molecular formula is C34H25ClN2O11. The zero-order chi connectivity index (χ0) is 34.3. The number of anilines is 2. The first-order valence-electron chi connectivity index (χ1n) is 14.9. The first kappa shape index (κ1) is 30.9. The quantitative estimate of drug-likeness (QED) is 0.194. The molecule has 6 atom stereocenters. The lowest BCUT2D eigenvalue weighted by Gasteiger charge is -2.44. The number of halogens is 1. The van der Waals surface area contributed by atoms with Crippen LogP contribution in [0.1, 0.15) is 45.0 Å². The number of benzene rings is 3. The second-order valence-electron chi connectivity index (χ2n) is 12.3. The number of carboxylic acids is 2. The monoisotopic (exact) mass is 672 g/mol. The van der Waals surface area contributed by atoms with Crippen LogP contribution in [-0.2, 0) is 19.2 Å². The Morgan fingerprint density at radius 2 is 1.19 bits per heavy atom. The predicted molar refractivity (Wildman–Crippen MR) is 166 cm³/mol. The minimum atomic E-state index is -1.41. The van der Waals surface area contributed by atoms with Gasteiger partial charge in [0.05, 0.1) is 35.0 Å². The summed E-state index contributed by atoms with van der Waals surface area (Å²) in [5.41, 5.74) is -0.130. The van der Waals surface area contributed by atoms with Gasteiger partial charge in [0.25, 0.3) is 0 Å². The second kappa shape index (κ2) is 10.9. The van der Waals surface area contributed by atoms with Gasteiger partial charge in [-0.25, -0.2) is 19.4 Å². The number of hydrogen-bond acceptors (Lipinski definition) is 9. The molecule has 13 nitrogen and oxygen atoms in total. The number of carbonyl (C=O) groups excluding carboxylic acids is 4. The summed E-state index contributed by atoms with van der Waals surface area (Å²) in [6, 6.07) is 10.9. The van der Waals surface area contributed by atoms with Crippen molar-refractivity contribution in [1.82, 2.24) is 0 Å². The molecule has 0 bridgehead atoms. The molecule has 48 heavy (non-hydrogen) atoms. The highest BCUT2D eigenvalue weighted by atomic mass is 35.5. The topological polar surface area (TPSA) is 210 Å². The lowest BCUT2D eigenvalue weighted by atomic mass is 9.57. The maximum absolute atomic E-state index is 14.2. The molecule has 0 aromatic heterocycles. The number of rotatable bonds is 5. The van der Waals surface area contributed by atoms with Crippen molar-refractivity contribution in [1.29, 1.82) is 0 Å². The molecule has 3 fully saturated rings. The van der Waals surface area contributed by atoms with Crippen LogP contribution < -0.4 is 9.80 Å². The molecule has 0 unspecified atom stereocenters. The molecule has 3 aromatic rings. The highest BCUT2D eigenvalue weighted by Crippen LogP contribution is 2.59. The van der Waals surface area contributed by atoms with Crippen LogP contribution in [0.15, 0.2) is 66.2 Å². The minimum Gasteiger partial charge on any atom is -0.508 e. The first-order valence-corrected chi connectivity index (χ1v) is 15.2. The Bertz CT molecular complexity index is 2040. The largest absolute Gasteiger partial charge is 0.508 e. The third-order valence-electron chi connectivity index (χ3n) is 9.91. The average Bonchev–Trinajstić information content (AvgIpc) is 3.44. The third-order valence-corrected chi connectivity index (χ3v) is 10.1. The van der Waals surface area contributed by atoms with Crippen LogP contribution in [0, 0.1) is 29.6 Å². The fourth-order valence-electron chi connectivity index (χ4n) is 7.90. The van der Waals surface area contributed by atoms with Crippen molar-refractivity contribution in [2.24, 2.45) is 29.6 Å². The molecule has 4 aliphatic rings. The lowest BCUT2D eigenvalue weighted by Crippen LogP contribution is -2.43. The summed E-state index contributed by atoms with van der Waals surface area (Å²) in [6.07, 6.45) is 1.81. The van der Waals surface area contributed by atoms with Crippen LogP contribution in [0.5, 0.6) is 17.2 Å². The van der Waals surface area contributed by atoms with Crippen LogP contribution in [0.25, 0.3) is 0 Å². The van der Waals surface area contributed by atoms with Crippen molar-refractivity contribution in [3.05, 3.63) is 88.0 Å². The number of allylic oxidation sites excluding steroid dienone is 2. The number of hydrogen-bond donors (Lipinski definition) is 5. The number of nitrogens with zero attached hydrogens (tertiary/aromatic N) is 2. The van der Waals surface area contributed by atoms with Crippen LogP contribution >= 0.6 is 11.6 Å². The molecule has 1 saturated carbocycles. The van der Waals surface area contributed by atoms with Crippen LogP contribution in [0.2, 0.25) is 5.02 Å². The molecule has 4 amide bonds. The number of aromatic carboxylic acids is 2. The Balaban J connectivity index is 1.32. The normalized spacial score (nSPS) is 26.2. The van der Waals surface area contributed by atoms with E-state index in [1.165, 1.54) is 30.3 Å². The van der Waals surface area contributed by atoms with Crippen LogP contribution in [0.3, 0.4) is 0 Å². The van der Waals surface area contributed by atoms with Gasteiger partial charge in [-0.1, -0.05) is 23.3 Å². The molecule has 0 spiro atoms. The standard InChI is InChI=1S/C34H25ClN2O11/c35-13-1-8-23(38)21(9-13)26-16-6-7-19-27(31(43)36(29(19)41)14-2-4-17(33(45)46)24(39)10-14)20(16)12-22-28(26)32(44)37(30(22)42)15-3-5-18(34(47)48)25(40)11-15/h1-6,8-11,19-20,22,26-28,38-40H,7,12H2,(H,45,46)(H,47,48)/t19-,20+,22+,26+,27-,28+/m0/s1. The van der Waals surface area contributed by atoms with Gasteiger partial charge in [-0.15, -0.1) is 0 Å². The molecule has 2 aliphatic carbocycles. The number of phenolic OH excluding ortho intramolecular Hbond substituents is 1. The van der Waals surface area contributed by atoms with E-state index in [1.807, 2.05) is 0 Å². The molecule has 244 valence electrons. The molecule has 5 N–H and O–H groups in total. The highest BCUT2D eigenvalue weighted by molar-refractivity contribution is 6.30. The summed E-state index contributed by atoms with van der Waals surface area (Å²) in [6.45, 7) is 0. The summed E-state index contributed by atoms with van der Waals surface area (Å²) in [4.78, 5) is 80.8. The number of imide groups is 2. The number of carbonyl (C=O) groups is 6. The molecule has 14 heteroatoms. The molecule has 2 heterocycles. The Morgan fingerprint density at radius 3 is 1.73 bits per heavy atom. The van der Waals surface area contributed by atoms with Gasteiger partial charge in [-0.05, 0) is 61.2 Å². The highest BCUT2D eigenvalue weighted by Gasteiger charge is 2.62. The summed E-state index contributed by atoms with van der Waals surface area (Å²) >= 11 is 6.33. The van der Waals surface area contributed by atoms with Crippen LogP contribution in [-0.4, -0.2) is 61.1 Å². The van der Waals surface area contributed by atoms with Gasteiger partial charge >= 0.3 is 11.9 Å². The fraction of sp³-hybridized carbons (Fsp3) is 0.235. The van der Waals surface area contributed by atoms with Crippen molar-refractivity contribution in [3.63, 3.8) is 0 Å². The Hall–Kier alpha value is -5.69. The van der Waals surface area contributed by atoms with Crippen molar-refractivity contribution >= 4 is 58.5 Å². The molecule has 7 rings (SSSR count). The zero-order valence-corrected chi connectivity index (χ0v) is 25.4. The van der Waals surface area contributed by atoms with E-state index in [0.717, 1.165) is 34.1 Å². The van der Waals surface area contributed by atoms with E-state index < -0.39 is 93.7 Å². The van der Waals surface area contributed by atoms with Gasteiger partial charge in [-0.2, -0.15) is 0 Å². The smallest absolute Gasteiger partial charge is 0.339 e. The van der Waals surface area contributed by atoms with E-state index >= 15 is 0 Å². The number of carboxylic acid groups (broad SMARTS) is 2. The van der Waals surface area contributed by atoms with Crippen molar-refractivity contribution < 1.29 is 54.3 Å². The molecule has 0 radical (unpaired) electrons. The Kier molecular flexibility index (Phi) is 7.05. The van der Waals surface area contributed by atoms with E-state index in [2.05, 4.69) is 0 Å². The number of phenols is 3. The summed E-state index contributed by atoms with van der Waals surface area (Å²) in [7, 11) is 0. The number of fused-ring (bicyclic) bond motifs is 4. The number of aromatic hydroxyl groups is 3. The summed E-state index contributed by atoms with van der Waals surface area (Å²) in [5, 5.41) is 50.5.